The van der Waals surface area contributed by atoms with Gasteiger partial charge in [0.1, 0.15) is 5.82 Å². The van der Waals surface area contributed by atoms with Crippen LogP contribution in [0.5, 0.6) is 0 Å². The summed E-state index contributed by atoms with van der Waals surface area (Å²) in [5.41, 5.74) is 1.92. The van der Waals surface area contributed by atoms with E-state index in [4.69, 9.17) is 0 Å². The molecule has 3 aromatic rings. The highest BCUT2D eigenvalue weighted by Crippen LogP contribution is 2.11. The van der Waals surface area contributed by atoms with Gasteiger partial charge in [-0.05, 0) is 23.3 Å². The molecule has 1 heterocycles. The van der Waals surface area contributed by atoms with Crippen molar-refractivity contribution >= 4 is 17.6 Å². The van der Waals surface area contributed by atoms with Gasteiger partial charge in [0.2, 0.25) is 0 Å². The standard InChI is InChI=1S/C21H19N3O2/c25-20(23-19-13-7-8-14-22-19)21(26)24(15-17-9-3-1-4-10-17)16-18-11-5-2-6-12-18/h1-14H,15-16H2,(H,22,23,25). The molecule has 26 heavy (non-hydrogen) atoms. The van der Waals surface area contributed by atoms with E-state index < -0.39 is 11.8 Å². The Kier molecular flexibility index (Phi) is 5.72. The second-order valence-corrected chi connectivity index (χ2v) is 5.80. The number of anilines is 1. The number of carbonyl (C=O) groups excluding carboxylic acids is 2. The monoisotopic (exact) mass is 345 g/mol. The molecule has 0 saturated carbocycles. The highest BCUT2D eigenvalue weighted by molar-refractivity contribution is 6.39. The van der Waals surface area contributed by atoms with E-state index in [1.54, 1.807) is 24.4 Å². The molecule has 0 spiro atoms. The van der Waals surface area contributed by atoms with E-state index in [-0.39, 0.29) is 0 Å². The molecule has 0 atom stereocenters. The zero-order valence-corrected chi connectivity index (χ0v) is 14.2. The normalized spacial score (nSPS) is 10.2. The molecule has 0 saturated heterocycles. The Balaban J connectivity index is 1.77. The van der Waals surface area contributed by atoms with Crippen LogP contribution in [0.25, 0.3) is 0 Å². The summed E-state index contributed by atoms with van der Waals surface area (Å²) in [7, 11) is 0. The lowest BCUT2D eigenvalue weighted by molar-refractivity contribution is -0.144. The van der Waals surface area contributed by atoms with Crippen LogP contribution in [0.2, 0.25) is 0 Å². The van der Waals surface area contributed by atoms with Crippen LogP contribution in [0.3, 0.4) is 0 Å². The van der Waals surface area contributed by atoms with Gasteiger partial charge in [-0.3, -0.25) is 9.59 Å². The summed E-state index contributed by atoms with van der Waals surface area (Å²) >= 11 is 0. The lowest BCUT2D eigenvalue weighted by atomic mass is 10.1. The number of hydrogen-bond acceptors (Lipinski definition) is 3. The van der Waals surface area contributed by atoms with Crippen LogP contribution in [0.15, 0.2) is 85.1 Å². The topological polar surface area (TPSA) is 62.3 Å². The van der Waals surface area contributed by atoms with E-state index in [2.05, 4.69) is 10.3 Å². The van der Waals surface area contributed by atoms with Gasteiger partial charge >= 0.3 is 11.8 Å². The van der Waals surface area contributed by atoms with Crippen LogP contribution >= 0.6 is 0 Å². The Morgan fingerprint density at radius 3 is 1.81 bits per heavy atom. The first-order valence-corrected chi connectivity index (χ1v) is 8.31. The molecular formula is C21H19N3O2. The van der Waals surface area contributed by atoms with Crippen LogP contribution in [0.1, 0.15) is 11.1 Å². The molecule has 1 N–H and O–H groups in total. The van der Waals surface area contributed by atoms with Gasteiger partial charge in [-0.25, -0.2) is 4.98 Å². The number of amides is 2. The summed E-state index contributed by atoms with van der Waals surface area (Å²) in [5.74, 6) is -0.941. The van der Waals surface area contributed by atoms with Gasteiger partial charge < -0.3 is 10.2 Å². The highest BCUT2D eigenvalue weighted by atomic mass is 16.2. The predicted octanol–water partition coefficient (Wildman–Crippen LogP) is 3.25. The number of benzene rings is 2. The lowest BCUT2D eigenvalue weighted by Crippen LogP contribution is -2.39. The number of hydrogen-bond donors (Lipinski definition) is 1. The summed E-state index contributed by atoms with van der Waals surface area (Å²) in [6, 6.07) is 24.3. The Hall–Kier alpha value is -3.47. The van der Waals surface area contributed by atoms with Gasteiger partial charge in [0.15, 0.2) is 0 Å². The van der Waals surface area contributed by atoms with Crippen LogP contribution < -0.4 is 5.32 Å². The summed E-state index contributed by atoms with van der Waals surface area (Å²) in [4.78, 5) is 30.7. The van der Waals surface area contributed by atoms with Gasteiger partial charge in [-0.1, -0.05) is 66.7 Å². The summed E-state index contributed by atoms with van der Waals surface area (Å²) < 4.78 is 0. The SMILES string of the molecule is O=C(Nc1ccccn1)C(=O)N(Cc1ccccc1)Cc1ccccc1. The van der Waals surface area contributed by atoms with E-state index >= 15 is 0 Å². The first kappa shape index (κ1) is 17.4. The molecule has 2 amide bonds. The van der Waals surface area contributed by atoms with Crippen LogP contribution in [0, 0.1) is 0 Å². The third kappa shape index (κ3) is 4.77. The molecule has 5 nitrogen and oxygen atoms in total. The van der Waals surface area contributed by atoms with E-state index in [1.165, 1.54) is 4.90 Å². The predicted molar refractivity (Wildman–Crippen MR) is 100 cm³/mol. The summed E-state index contributed by atoms with van der Waals surface area (Å²) in [6.07, 6.45) is 1.56. The zero-order chi connectivity index (χ0) is 18.2. The fraction of sp³-hybridized carbons (Fsp3) is 0.0952. The maximum absolute atomic E-state index is 12.7. The number of rotatable bonds is 5. The number of pyridine rings is 1. The molecule has 0 aliphatic rings. The molecule has 0 aliphatic carbocycles. The number of nitrogens with one attached hydrogen (secondary N) is 1. The molecule has 3 rings (SSSR count). The smallest absolute Gasteiger partial charge is 0.315 e. The van der Waals surface area contributed by atoms with Crippen molar-refractivity contribution < 1.29 is 9.59 Å². The van der Waals surface area contributed by atoms with Gasteiger partial charge in [0.05, 0.1) is 0 Å². The largest absolute Gasteiger partial charge is 0.326 e. The molecule has 0 radical (unpaired) electrons. The molecule has 2 aromatic carbocycles. The Bertz CT molecular complexity index is 811. The van der Waals surface area contributed by atoms with E-state index in [1.807, 2.05) is 60.7 Å². The Morgan fingerprint density at radius 2 is 1.31 bits per heavy atom. The van der Waals surface area contributed by atoms with Crippen molar-refractivity contribution in [2.75, 3.05) is 5.32 Å². The van der Waals surface area contributed by atoms with Gasteiger partial charge in [0.25, 0.3) is 0 Å². The average Bonchev–Trinajstić information content (AvgIpc) is 2.69. The van der Waals surface area contributed by atoms with Crippen molar-refractivity contribution in [1.82, 2.24) is 9.88 Å². The summed E-state index contributed by atoms with van der Waals surface area (Å²) in [6.45, 7) is 0.703. The molecule has 0 unspecified atom stereocenters. The highest BCUT2D eigenvalue weighted by Gasteiger charge is 2.22. The van der Waals surface area contributed by atoms with Crippen LogP contribution in [0.4, 0.5) is 5.82 Å². The maximum atomic E-state index is 12.7. The van der Waals surface area contributed by atoms with Gasteiger partial charge in [-0.15, -0.1) is 0 Å². The van der Waals surface area contributed by atoms with Crippen molar-refractivity contribution in [3.63, 3.8) is 0 Å². The van der Waals surface area contributed by atoms with Crippen molar-refractivity contribution in [2.24, 2.45) is 0 Å². The Labute approximate surface area is 152 Å². The molecule has 130 valence electrons. The molecule has 0 bridgehead atoms. The third-order valence-electron chi connectivity index (χ3n) is 3.82. The molecular weight excluding hydrogens is 326 g/mol. The third-order valence-corrected chi connectivity index (χ3v) is 3.82. The fourth-order valence-corrected chi connectivity index (χ4v) is 2.56. The molecule has 0 fully saturated rings. The average molecular weight is 345 g/mol. The molecule has 0 aliphatic heterocycles. The number of carbonyl (C=O) groups is 2. The van der Waals surface area contributed by atoms with Crippen LogP contribution in [-0.2, 0) is 22.7 Å². The van der Waals surface area contributed by atoms with Gasteiger partial charge in [-0.2, -0.15) is 0 Å². The van der Waals surface area contributed by atoms with Crippen LogP contribution in [-0.4, -0.2) is 21.7 Å². The lowest BCUT2D eigenvalue weighted by Gasteiger charge is -2.22. The first-order valence-electron chi connectivity index (χ1n) is 8.31. The minimum Gasteiger partial charge on any atom is -0.326 e. The van der Waals surface area contributed by atoms with Gasteiger partial charge in [0, 0.05) is 19.3 Å². The summed E-state index contributed by atoms with van der Waals surface area (Å²) in [5, 5.41) is 2.55. The van der Waals surface area contributed by atoms with E-state index in [0.29, 0.717) is 18.9 Å². The first-order chi connectivity index (χ1) is 12.7. The zero-order valence-electron chi connectivity index (χ0n) is 14.2. The fourth-order valence-electron chi connectivity index (χ4n) is 2.56. The molecule has 1 aromatic heterocycles. The maximum Gasteiger partial charge on any atom is 0.315 e. The second kappa shape index (κ2) is 8.58. The van der Waals surface area contributed by atoms with Crippen molar-refractivity contribution in [3.05, 3.63) is 96.2 Å². The number of nitrogens with zero attached hydrogens (tertiary/aromatic N) is 2. The minimum atomic E-state index is -0.699. The molecule has 5 heteroatoms. The van der Waals surface area contributed by atoms with Crippen molar-refractivity contribution in [2.45, 2.75) is 13.1 Å². The van der Waals surface area contributed by atoms with E-state index in [9.17, 15) is 9.59 Å². The van der Waals surface area contributed by atoms with Crippen molar-refractivity contribution in [1.29, 1.82) is 0 Å². The number of aromatic nitrogens is 1. The van der Waals surface area contributed by atoms with Crippen molar-refractivity contribution in [3.8, 4) is 0 Å². The van der Waals surface area contributed by atoms with E-state index in [0.717, 1.165) is 11.1 Å². The minimum absolute atomic E-state index is 0.351. The second-order valence-electron chi connectivity index (χ2n) is 5.80. The quantitative estimate of drug-likeness (QED) is 0.722. The Morgan fingerprint density at radius 1 is 0.769 bits per heavy atom.